The highest BCUT2D eigenvalue weighted by molar-refractivity contribution is 6.30. The number of rotatable bonds is 8. The highest BCUT2D eigenvalue weighted by Crippen LogP contribution is 2.13. The Kier molecular flexibility index (Phi) is 8.02. The zero-order valence-electron chi connectivity index (χ0n) is 15.8. The van der Waals surface area contributed by atoms with E-state index < -0.39 is 24.0 Å². The minimum atomic E-state index is -0.900. The van der Waals surface area contributed by atoms with Gasteiger partial charge in [0.1, 0.15) is 12.1 Å². The molecule has 148 valence electrons. The van der Waals surface area contributed by atoms with E-state index in [0.29, 0.717) is 11.4 Å². The standard InChI is InChI=1S/C21H23ClN2O4/c1-14(25)23-18(12-15-7-4-3-5-8-15)20(26)24-19(21(27)28-2)13-16-9-6-10-17(22)11-16/h3-11,18-19H,12-13H2,1-2H3,(H,23,25)(H,24,26)/t18-,19+/m0/s1. The van der Waals surface area contributed by atoms with Crippen molar-refractivity contribution in [2.24, 2.45) is 0 Å². The number of amides is 2. The van der Waals surface area contributed by atoms with E-state index in [1.165, 1.54) is 14.0 Å². The highest BCUT2D eigenvalue weighted by atomic mass is 35.5. The fraction of sp³-hybridized carbons (Fsp3) is 0.286. The van der Waals surface area contributed by atoms with Crippen LogP contribution in [0.2, 0.25) is 5.02 Å². The van der Waals surface area contributed by atoms with Gasteiger partial charge in [-0.05, 0) is 23.3 Å². The zero-order chi connectivity index (χ0) is 20.5. The van der Waals surface area contributed by atoms with Crippen LogP contribution in [0.5, 0.6) is 0 Å². The smallest absolute Gasteiger partial charge is 0.328 e. The van der Waals surface area contributed by atoms with Gasteiger partial charge < -0.3 is 15.4 Å². The van der Waals surface area contributed by atoms with Crippen molar-refractivity contribution in [2.75, 3.05) is 7.11 Å². The third kappa shape index (κ3) is 6.70. The van der Waals surface area contributed by atoms with E-state index >= 15 is 0 Å². The predicted octanol–water partition coefficient (Wildman–Crippen LogP) is 2.29. The molecule has 2 atom stereocenters. The minimum Gasteiger partial charge on any atom is -0.467 e. The summed E-state index contributed by atoms with van der Waals surface area (Å²) in [5.74, 6) is -1.37. The third-order valence-corrected chi connectivity index (χ3v) is 4.34. The number of nitrogens with one attached hydrogen (secondary N) is 2. The molecule has 0 spiro atoms. The molecule has 6 nitrogen and oxygen atoms in total. The number of esters is 1. The summed E-state index contributed by atoms with van der Waals surface area (Å²) >= 11 is 5.99. The van der Waals surface area contributed by atoms with Crippen molar-refractivity contribution in [1.82, 2.24) is 10.6 Å². The van der Waals surface area contributed by atoms with Crippen molar-refractivity contribution in [3.63, 3.8) is 0 Å². The van der Waals surface area contributed by atoms with Crippen LogP contribution in [0.25, 0.3) is 0 Å². The second kappa shape index (κ2) is 10.5. The van der Waals surface area contributed by atoms with Gasteiger partial charge in [0.05, 0.1) is 7.11 Å². The van der Waals surface area contributed by atoms with Crippen LogP contribution in [0.15, 0.2) is 54.6 Å². The van der Waals surface area contributed by atoms with Gasteiger partial charge in [-0.3, -0.25) is 9.59 Å². The SMILES string of the molecule is COC(=O)[C@@H](Cc1cccc(Cl)c1)NC(=O)[C@H](Cc1ccccc1)NC(C)=O. The molecular formula is C21H23ClN2O4. The van der Waals surface area contributed by atoms with Crippen LogP contribution in [0.1, 0.15) is 18.1 Å². The number of hydrogen-bond acceptors (Lipinski definition) is 4. The molecule has 2 amide bonds. The largest absolute Gasteiger partial charge is 0.467 e. The Morgan fingerprint density at radius 1 is 0.929 bits per heavy atom. The molecule has 0 unspecified atom stereocenters. The van der Waals surface area contributed by atoms with Crippen LogP contribution in [-0.4, -0.2) is 37.0 Å². The van der Waals surface area contributed by atoms with Crippen molar-refractivity contribution in [2.45, 2.75) is 31.8 Å². The van der Waals surface area contributed by atoms with Crippen molar-refractivity contribution in [3.8, 4) is 0 Å². The molecule has 0 aliphatic heterocycles. The van der Waals surface area contributed by atoms with Gasteiger partial charge in [-0.25, -0.2) is 4.79 Å². The maximum atomic E-state index is 12.8. The number of carbonyl (C=O) groups excluding carboxylic acids is 3. The Morgan fingerprint density at radius 2 is 1.57 bits per heavy atom. The van der Waals surface area contributed by atoms with Crippen LogP contribution in [0.4, 0.5) is 0 Å². The number of methoxy groups -OCH3 is 1. The highest BCUT2D eigenvalue weighted by Gasteiger charge is 2.27. The summed E-state index contributed by atoms with van der Waals surface area (Å²) in [6, 6.07) is 14.6. The second-order valence-corrected chi connectivity index (χ2v) is 6.80. The van der Waals surface area contributed by atoms with Crippen molar-refractivity contribution < 1.29 is 19.1 Å². The normalized spacial score (nSPS) is 12.5. The van der Waals surface area contributed by atoms with Crippen LogP contribution in [0.3, 0.4) is 0 Å². The van der Waals surface area contributed by atoms with Gasteiger partial charge in [0.15, 0.2) is 0 Å². The molecule has 2 N–H and O–H groups in total. The molecule has 28 heavy (non-hydrogen) atoms. The fourth-order valence-electron chi connectivity index (χ4n) is 2.81. The van der Waals surface area contributed by atoms with Gasteiger partial charge in [0, 0.05) is 24.8 Å². The lowest BCUT2D eigenvalue weighted by molar-refractivity contribution is -0.145. The first-order chi connectivity index (χ1) is 13.4. The Bertz CT molecular complexity index is 826. The van der Waals surface area contributed by atoms with E-state index in [1.807, 2.05) is 36.4 Å². The molecule has 0 aliphatic rings. The molecular weight excluding hydrogens is 380 g/mol. The van der Waals surface area contributed by atoms with Crippen LogP contribution in [-0.2, 0) is 32.0 Å². The fourth-order valence-corrected chi connectivity index (χ4v) is 3.02. The molecule has 0 bridgehead atoms. The summed E-state index contributed by atoms with van der Waals surface area (Å²) in [5.41, 5.74) is 1.67. The lowest BCUT2D eigenvalue weighted by Crippen LogP contribution is -2.53. The van der Waals surface area contributed by atoms with E-state index in [9.17, 15) is 14.4 Å². The predicted molar refractivity (Wildman–Crippen MR) is 107 cm³/mol. The quantitative estimate of drug-likeness (QED) is 0.663. The number of halogens is 1. The monoisotopic (exact) mass is 402 g/mol. The summed E-state index contributed by atoms with van der Waals surface area (Å²) < 4.78 is 4.82. The topological polar surface area (TPSA) is 84.5 Å². The van der Waals surface area contributed by atoms with Gasteiger partial charge >= 0.3 is 5.97 Å². The van der Waals surface area contributed by atoms with Crippen molar-refractivity contribution in [1.29, 1.82) is 0 Å². The van der Waals surface area contributed by atoms with Crippen LogP contribution < -0.4 is 10.6 Å². The molecule has 0 saturated carbocycles. The molecule has 0 saturated heterocycles. The first kappa shape index (κ1) is 21.4. The molecule has 0 aliphatic carbocycles. The third-order valence-electron chi connectivity index (χ3n) is 4.11. The van der Waals surface area contributed by atoms with Gasteiger partial charge in [-0.1, -0.05) is 54.1 Å². The van der Waals surface area contributed by atoms with E-state index in [2.05, 4.69) is 10.6 Å². The first-order valence-corrected chi connectivity index (χ1v) is 9.20. The lowest BCUT2D eigenvalue weighted by Gasteiger charge is -2.22. The van der Waals surface area contributed by atoms with E-state index in [4.69, 9.17) is 16.3 Å². The average molecular weight is 403 g/mol. The van der Waals surface area contributed by atoms with Gasteiger partial charge in [0.2, 0.25) is 11.8 Å². The van der Waals surface area contributed by atoms with E-state index in [0.717, 1.165) is 11.1 Å². The molecule has 0 heterocycles. The van der Waals surface area contributed by atoms with Gasteiger partial charge in [-0.15, -0.1) is 0 Å². The maximum absolute atomic E-state index is 12.8. The van der Waals surface area contributed by atoms with Crippen molar-refractivity contribution >= 4 is 29.4 Å². The number of hydrogen-bond donors (Lipinski definition) is 2. The van der Waals surface area contributed by atoms with Gasteiger partial charge in [-0.2, -0.15) is 0 Å². The van der Waals surface area contributed by atoms with Crippen LogP contribution >= 0.6 is 11.6 Å². The van der Waals surface area contributed by atoms with Gasteiger partial charge in [0.25, 0.3) is 0 Å². The molecule has 2 aromatic carbocycles. The summed E-state index contributed by atoms with van der Waals surface area (Å²) in [6.07, 6.45) is 0.522. The Morgan fingerprint density at radius 3 is 2.18 bits per heavy atom. The summed E-state index contributed by atoms with van der Waals surface area (Å²) in [7, 11) is 1.26. The molecule has 2 aromatic rings. The molecule has 0 aromatic heterocycles. The summed E-state index contributed by atoms with van der Waals surface area (Å²) in [4.78, 5) is 36.5. The Balaban J connectivity index is 2.15. The Hall–Kier alpha value is -2.86. The number of carbonyl (C=O) groups is 3. The zero-order valence-corrected chi connectivity index (χ0v) is 16.5. The van der Waals surface area contributed by atoms with Crippen molar-refractivity contribution in [3.05, 3.63) is 70.7 Å². The summed E-state index contributed by atoms with van der Waals surface area (Å²) in [6.45, 7) is 1.34. The molecule has 2 rings (SSSR count). The maximum Gasteiger partial charge on any atom is 0.328 e. The average Bonchev–Trinajstić information content (AvgIpc) is 2.66. The molecule has 0 radical (unpaired) electrons. The first-order valence-electron chi connectivity index (χ1n) is 8.82. The molecule has 0 fully saturated rings. The summed E-state index contributed by atoms with van der Waals surface area (Å²) in [5, 5.41) is 5.86. The van der Waals surface area contributed by atoms with Crippen LogP contribution in [0, 0.1) is 0 Å². The van der Waals surface area contributed by atoms with E-state index in [1.54, 1.807) is 18.2 Å². The lowest BCUT2D eigenvalue weighted by atomic mass is 10.0. The number of ether oxygens (including phenoxy) is 1. The molecule has 7 heteroatoms. The second-order valence-electron chi connectivity index (χ2n) is 6.36. The van der Waals surface area contributed by atoms with E-state index in [-0.39, 0.29) is 12.3 Å². The Labute approximate surface area is 169 Å². The minimum absolute atomic E-state index is 0.219. The number of benzene rings is 2.